The molecule has 1 aromatic heterocycles. The van der Waals surface area contributed by atoms with Gasteiger partial charge in [0.05, 0.1) is 0 Å². The Kier molecular flexibility index (Phi) is 3.75. The summed E-state index contributed by atoms with van der Waals surface area (Å²) in [4.78, 5) is 15.7. The van der Waals surface area contributed by atoms with E-state index in [4.69, 9.17) is 0 Å². The number of hydrogen-bond donors (Lipinski definition) is 2. The minimum Gasteiger partial charge on any atom is -0.351 e. The Labute approximate surface area is 126 Å². The number of H-pyrrole nitrogens is 1. The van der Waals surface area contributed by atoms with Crippen LogP contribution in [0, 0.1) is 18.8 Å². The quantitative estimate of drug-likeness (QED) is 0.859. The van der Waals surface area contributed by atoms with Crippen LogP contribution in [0.4, 0.5) is 0 Å². The summed E-state index contributed by atoms with van der Waals surface area (Å²) in [6.45, 7) is 6.61. The number of aromatic nitrogens is 1. The SMILES string of the molecule is Cc1ccc2[nH]c(C(=O)N[C@@H]3CCC[C@H](C)[C@@H]3C)cc2c1. The van der Waals surface area contributed by atoms with E-state index in [1.807, 2.05) is 12.1 Å². The second kappa shape index (κ2) is 5.55. The Morgan fingerprint density at radius 2 is 2.05 bits per heavy atom. The van der Waals surface area contributed by atoms with Crippen molar-refractivity contribution in [3.05, 3.63) is 35.5 Å². The van der Waals surface area contributed by atoms with Crippen molar-refractivity contribution in [2.75, 3.05) is 0 Å². The zero-order chi connectivity index (χ0) is 15.0. The molecule has 3 rings (SSSR count). The number of carbonyl (C=O) groups excluding carboxylic acids is 1. The van der Waals surface area contributed by atoms with Gasteiger partial charge in [-0.1, -0.05) is 38.3 Å². The average Bonchev–Trinajstić information content (AvgIpc) is 2.87. The number of aromatic amines is 1. The minimum atomic E-state index is 0.0230. The van der Waals surface area contributed by atoms with E-state index < -0.39 is 0 Å². The van der Waals surface area contributed by atoms with Gasteiger partial charge in [0, 0.05) is 16.9 Å². The van der Waals surface area contributed by atoms with Gasteiger partial charge in [-0.2, -0.15) is 0 Å². The molecule has 0 spiro atoms. The van der Waals surface area contributed by atoms with Crippen LogP contribution in [0.2, 0.25) is 0 Å². The van der Waals surface area contributed by atoms with Crippen molar-refractivity contribution in [1.29, 1.82) is 0 Å². The van der Waals surface area contributed by atoms with Crippen LogP contribution in [-0.4, -0.2) is 16.9 Å². The number of carbonyl (C=O) groups is 1. The van der Waals surface area contributed by atoms with Crippen molar-refractivity contribution in [3.8, 4) is 0 Å². The van der Waals surface area contributed by atoms with E-state index in [-0.39, 0.29) is 5.91 Å². The molecule has 0 saturated heterocycles. The topological polar surface area (TPSA) is 44.9 Å². The van der Waals surface area contributed by atoms with Gasteiger partial charge >= 0.3 is 0 Å². The molecule has 3 atom stereocenters. The maximum atomic E-state index is 12.5. The largest absolute Gasteiger partial charge is 0.351 e. The van der Waals surface area contributed by atoms with E-state index in [9.17, 15) is 4.79 Å². The fourth-order valence-electron chi connectivity index (χ4n) is 3.41. The highest BCUT2D eigenvalue weighted by molar-refractivity contribution is 5.98. The average molecular weight is 284 g/mol. The molecule has 1 aromatic carbocycles. The Balaban J connectivity index is 1.77. The van der Waals surface area contributed by atoms with Crippen LogP contribution in [0.25, 0.3) is 10.9 Å². The summed E-state index contributed by atoms with van der Waals surface area (Å²) in [7, 11) is 0. The highest BCUT2D eigenvalue weighted by Crippen LogP contribution is 2.29. The summed E-state index contributed by atoms with van der Waals surface area (Å²) in [5, 5.41) is 4.32. The predicted octanol–water partition coefficient (Wildman–Crippen LogP) is 4.03. The zero-order valence-corrected chi connectivity index (χ0v) is 13.1. The molecule has 2 N–H and O–H groups in total. The molecular weight excluding hydrogens is 260 g/mol. The molecule has 112 valence electrons. The van der Waals surface area contributed by atoms with Crippen LogP contribution in [0.15, 0.2) is 24.3 Å². The summed E-state index contributed by atoms with van der Waals surface area (Å²) >= 11 is 0. The van der Waals surface area contributed by atoms with Gasteiger partial charge < -0.3 is 10.3 Å². The Morgan fingerprint density at radius 1 is 1.24 bits per heavy atom. The minimum absolute atomic E-state index is 0.0230. The number of rotatable bonds is 2. The lowest BCUT2D eigenvalue weighted by atomic mass is 9.78. The molecule has 0 unspecified atom stereocenters. The third-order valence-corrected chi connectivity index (χ3v) is 5.04. The Bertz CT molecular complexity index is 658. The third-order valence-electron chi connectivity index (χ3n) is 5.04. The normalized spacial score (nSPS) is 26.0. The van der Waals surface area contributed by atoms with Crippen molar-refractivity contribution in [1.82, 2.24) is 10.3 Å². The number of fused-ring (bicyclic) bond motifs is 1. The number of hydrogen-bond acceptors (Lipinski definition) is 1. The van der Waals surface area contributed by atoms with Gasteiger partial charge in [-0.05, 0) is 43.4 Å². The van der Waals surface area contributed by atoms with E-state index in [2.05, 4.69) is 43.2 Å². The first-order valence-corrected chi connectivity index (χ1v) is 7.95. The molecule has 1 fully saturated rings. The van der Waals surface area contributed by atoms with Gasteiger partial charge in [-0.15, -0.1) is 0 Å². The summed E-state index contributed by atoms with van der Waals surface area (Å²) in [6, 6.07) is 8.45. The van der Waals surface area contributed by atoms with Crippen LogP contribution in [-0.2, 0) is 0 Å². The first-order chi connectivity index (χ1) is 10.0. The molecule has 21 heavy (non-hydrogen) atoms. The fourth-order valence-corrected chi connectivity index (χ4v) is 3.41. The number of nitrogens with one attached hydrogen (secondary N) is 2. The first-order valence-electron chi connectivity index (χ1n) is 7.95. The lowest BCUT2D eigenvalue weighted by Gasteiger charge is -2.34. The van der Waals surface area contributed by atoms with Crippen LogP contribution in [0.5, 0.6) is 0 Å². The molecule has 0 bridgehead atoms. The molecule has 3 heteroatoms. The molecular formula is C18H24N2O. The highest BCUT2D eigenvalue weighted by Gasteiger charge is 2.28. The van der Waals surface area contributed by atoms with Crippen LogP contribution in [0.1, 0.15) is 49.2 Å². The van der Waals surface area contributed by atoms with Crippen LogP contribution in [0.3, 0.4) is 0 Å². The molecule has 0 radical (unpaired) electrons. The highest BCUT2D eigenvalue weighted by atomic mass is 16.1. The van der Waals surface area contributed by atoms with Crippen molar-refractivity contribution in [2.45, 2.75) is 46.1 Å². The molecule has 1 heterocycles. The van der Waals surface area contributed by atoms with Gasteiger partial charge in [-0.25, -0.2) is 0 Å². The van der Waals surface area contributed by atoms with Crippen molar-refractivity contribution in [2.24, 2.45) is 11.8 Å². The number of benzene rings is 1. The second-order valence-electron chi connectivity index (χ2n) is 6.62. The molecule has 2 aromatic rings. The van der Waals surface area contributed by atoms with Crippen LogP contribution < -0.4 is 5.32 Å². The lowest BCUT2D eigenvalue weighted by molar-refractivity contribution is 0.0887. The van der Waals surface area contributed by atoms with Gasteiger partial charge in [0.15, 0.2) is 0 Å². The van der Waals surface area contributed by atoms with Gasteiger partial charge in [0.25, 0.3) is 5.91 Å². The van der Waals surface area contributed by atoms with Crippen molar-refractivity contribution < 1.29 is 4.79 Å². The molecule has 1 aliphatic carbocycles. The van der Waals surface area contributed by atoms with E-state index >= 15 is 0 Å². The van der Waals surface area contributed by atoms with Gasteiger partial charge in [0.1, 0.15) is 5.69 Å². The smallest absolute Gasteiger partial charge is 0.267 e. The number of aryl methyl sites for hydroxylation is 1. The maximum absolute atomic E-state index is 12.5. The standard InChI is InChI=1S/C18H24N2O/c1-11-7-8-16-14(9-11)10-17(19-16)18(21)20-15-6-4-5-12(2)13(15)3/h7-10,12-13,15,19H,4-6H2,1-3H3,(H,20,21)/t12-,13-,15+/m0/s1. The number of amides is 1. The molecule has 1 aliphatic rings. The Morgan fingerprint density at radius 3 is 2.86 bits per heavy atom. The summed E-state index contributed by atoms with van der Waals surface area (Å²) in [6.07, 6.45) is 3.58. The van der Waals surface area contributed by atoms with E-state index in [0.717, 1.165) is 17.3 Å². The molecule has 1 saturated carbocycles. The molecule has 0 aliphatic heterocycles. The Hall–Kier alpha value is -1.77. The summed E-state index contributed by atoms with van der Waals surface area (Å²) < 4.78 is 0. The van der Waals surface area contributed by atoms with Crippen LogP contribution >= 0.6 is 0 Å². The maximum Gasteiger partial charge on any atom is 0.267 e. The fraction of sp³-hybridized carbons (Fsp3) is 0.500. The van der Waals surface area contributed by atoms with E-state index in [1.165, 1.54) is 18.4 Å². The predicted molar refractivity (Wildman–Crippen MR) is 86.5 cm³/mol. The second-order valence-corrected chi connectivity index (χ2v) is 6.62. The van der Waals surface area contributed by atoms with E-state index in [0.29, 0.717) is 23.6 Å². The zero-order valence-electron chi connectivity index (χ0n) is 13.1. The monoisotopic (exact) mass is 284 g/mol. The third kappa shape index (κ3) is 2.82. The summed E-state index contributed by atoms with van der Waals surface area (Å²) in [5.41, 5.74) is 2.90. The van der Waals surface area contributed by atoms with E-state index in [1.54, 1.807) is 0 Å². The summed E-state index contributed by atoms with van der Waals surface area (Å²) in [5.74, 6) is 1.26. The van der Waals surface area contributed by atoms with Gasteiger partial charge in [-0.3, -0.25) is 4.79 Å². The van der Waals surface area contributed by atoms with Crippen molar-refractivity contribution >= 4 is 16.8 Å². The molecule has 1 amide bonds. The van der Waals surface area contributed by atoms with Gasteiger partial charge in [0.2, 0.25) is 0 Å². The first kappa shape index (κ1) is 14.2. The lowest BCUT2D eigenvalue weighted by Crippen LogP contribution is -2.43. The molecule has 3 nitrogen and oxygen atoms in total. The van der Waals surface area contributed by atoms with Crippen molar-refractivity contribution in [3.63, 3.8) is 0 Å².